The number of hydrogen-bond donors (Lipinski definition) is 2. The number of rotatable bonds is 6. The number of carbonyl (C=O) groups is 2. The lowest BCUT2D eigenvalue weighted by molar-refractivity contribution is -0.149. The lowest BCUT2D eigenvalue weighted by Crippen LogP contribution is -2.33. The van der Waals surface area contributed by atoms with Gasteiger partial charge in [-0.3, -0.25) is 14.8 Å². The fourth-order valence-electron chi connectivity index (χ4n) is 1.41. The van der Waals surface area contributed by atoms with Gasteiger partial charge in [-0.2, -0.15) is 0 Å². The number of amides is 2. The van der Waals surface area contributed by atoms with Crippen molar-refractivity contribution in [3.8, 4) is 5.75 Å². The van der Waals surface area contributed by atoms with E-state index >= 15 is 0 Å². The van der Waals surface area contributed by atoms with E-state index in [0.717, 1.165) is 0 Å². The van der Waals surface area contributed by atoms with Crippen LogP contribution < -0.4 is 10.1 Å². The summed E-state index contributed by atoms with van der Waals surface area (Å²) in [5, 5.41) is 12.0. The molecule has 0 fully saturated rings. The number of nitrogens with one attached hydrogen (secondary N) is 1. The number of hydroxylamine groups is 2. The van der Waals surface area contributed by atoms with Crippen LogP contribution in [0.4, 0.5) is 0 Å². The summed E-state index contributed by atoms with van der Waals surface area (Å²) in [6.07, 6.45) is 0.218. The summed E-state index contributed by atoms with van der Waals surface area (Å²) in [5.74, 6) is -0.495. The van der Waals surface area contributed by atoms with E-state index in [4.69, 9.17) is 44.7 Å². The predicted molar refractivity (Wildman–Crippen MR) is 74.9 cm³/mol. The second-order valence-corrected chi connectivity index (χ2v) is 4.78. The van der Waals surface area contributed by atoms with E-state index in [0.29, 0.717) is 5.06 Å². The SMILES string of the molecule is COc1c(Cl)cc(Cl)c(Cl)c1C(=O)NCCN(O)C=O. The molecule has 2 N–H and O–H groups in total. The van der Waals surface area contributed by atoms with Crippen molar-refractivity contribution in [2.45, 2.75) is 0 Å². The highest BCUT2D eigenvalue weighted by Crippen LogP contribution is 2.38. The lowest BCUT2D eigenvalue weighted by Gasteiger charge is -2.14. The highest BCUT2D eigenvalue weighted by atomic mass is 35.5. The van der Waals surface area contributed by atoms with E-state index in [1.54, 1.807) is 0 Å². The predicted octanol–water partition coefficient (Wildman–Crippen LogP) is 2.23. The van der Waals surface area contributed by atoms with Crippen LogP contribution in [-0.2, 0) is 4.79 Å². The fraction of sp³-hybridized carbons (Fsp3) is 0.273. The summed E-state index contributed by atoms with van der Waals surface area (Å²) in [6, 6.07) is 1.36. The van der Waals surface area contributed by atoms with E-state index in [-0.39, 0.29) is 45.9 Å². The number of hydrogen-bond acceptors (Lipinski definition) is 4. The van der Waals surface area contributed by atoms with Crippen molar-refractivity contribution < 1.29 is 19.5 Å². The van der Waals surface area contributed by atoms with Gasteiger partial charge in [0, 0.05) is 6.54 Å². The minimum Gasteiger partial charge on any atom is -0.494 e. The van der Waals surface area contributed by atoms with Gasteiger partial charge in [-0.05, 0) is 6.07 Å². The molecule has 6 nitrogen and oxygen atoms in total. The number of benzene rings is 1. The third kappa shape index (κ3) is 3.89. The van der Waals surface area contributed by atoms with E-state index in [1.807, 2.05) is 0 Å². The average Bonchev–Trinajstić information content (AvgIpc) is 2.41. The molecule has 0 bridgehead atoms. The van der Waals surface area contributed by atoms with Crippen molar-refractivity contribution in [1.82, 2.24) is 10.4 Å². The van der Waals surface area contributed by atoms with Gasteiger partial charge in [0.2, 0.25) is 6.41 Å². The van der Waals surface area contributed by atoms with Crippen molar-refractivity contribution in [1.29, 1.82) is 0 Å². The molecule has 2 amide bonds. The Morgan fingerprint density at radius 2 is 2.10 bits per heavy atom. The Hall–Kier alpha value is -1.21. The molecule has 20 heavy (non-hydrogen) atoms. The van der Waals surface area contributed by atoms with Gasteiger partial charge in [-0.1, -0.05) is 34.8 Å². The summed E-state index contributed by atoms with van der Waals surface area (Å²) in [5.41, 5.74) is -0.0118. The average molecular weight is 342 g/mol. The van der Waals surface area contributed by atoms with Crippen molar-refractivity contribution in [3.05, 3.63) is 26.7 Å². The Kier molecular flexibility index (Phi) is 6.35. The van der Waals surface area contributed by atoms with E-state index in [9.17, 15) is 9.59 Å². The normalized spacial score (nSPS) is 10.1. The van der Waals surface area contributed by atoms with E-state index in [1.165, 1.54) is 13.2 Å². The van der Waals surface area contributed by atoms with Crippen LogP contribution in [0.25, 0.3) is 0 Å². The van der Waals surface area contributed by atoms with Crippen LogP contribution in [0.3, 0.4) is 0 Å². The molecule has 1 aromatic carbocycles. The molecule has 0 aliphatic heterocycles. The quantitative estimate of drug-likeness (QED) is 0.360. The number of carbonyl (C=O) groups excluding carboxylic acids is 2. The molecule has 110 valence electrons. The summed E-state index contributed by atoms with van der Waals surface area (Å²) in [6.45, 7) is -0.0683. The second-order valence-electron chi connectivity index (χ2n) is 3.59. The fourth-order valence-corrected chi connectivity index (χ4v) is 2.17. The molecule has 0 saturated carbocycles. The van der Waals surface area contributed by atoms with Crippen LogP contribution in [-0.4, -0.2) is 42.8 Å². The smallest absolute Gasteiger partial charge is 0.256 e. The van der Waals surface area contributed by atoms with Gasteiger partial charge in [-0.15, -0.1) is 0 Å². The van der Waals surface area contributed by atoms with E-state index in [2.05, 4.69) is 5.32 Å². The summed E-state index contributed by atoms with van der Waals surface area (Å²) < 4.78 is 5.03. The Bertz CT molecular complexity index is 525. The van der Waals surface area contributed by atoms with Crippen LogP contribution in [0.1, 0.15) is 10.4 Å². The zero-order valence-corrected chi connectivity index (χ0v) is 12.6. The Morgan fingerprint density at radius 1 is 1.45 bits per heavy atom. The first-order chi connectivity index (χ1) is 9.42. The molecular formula is C11H11Cl3N2O4. The van der Waals surface area contributed by atoms with Crippen LogP contribution in [0, 0.1) is 0 Å². The Balaban J connectivity index is 2.94. The molecule has 0 aliphatic rings. The molecule has 1 rings (SSSR count). The largest absolute Gasteiger partial charge is 0.494 e. The van der Waals surface area contributed by atoms with Crippen molar-refractivity contribution in [2.24, 2.45) is 0 Å². The van der Waals surface area contributed by atoms with Crippen LogP contribution >= 0.6 is 34.8 Å². The summed E-state index contributed by atoms with van der Waals surface area (Å²) in [7, 11) is 1.34. The van der Waals surface area contributed by atoms with Gasteiger partial charge < -0.3 is 10.1 Å². The number of ether oxygens (including phenoxy) is 1. The van der Waals surface area contributed by atoms with Crippen LogP contribution in [0.2, 0.25) is 15.1 Å². The maximum Gasteiger partial charge on any atom is 0.256 e. The first kappa shape index (κ1) is 16.8. The lowest BCUT2D eigenvalue weighted by atomic mass is 10.2. The molecular weight excluding hydrogens is 330 g/mol. The van der Waals surface area contributed by atoms with Crippen molar-refractivity contribution in [2.75, 3.05) is 20.2 Å². The Labute approximate surface area is 130 Å². The molecule has 0 atom stereocenters. The first-order valence-corrected chi connectivity index (χ1v) is 6.46. The minimum atomic E-state index is -0.587. The monoisotopic (exact) mass is 340 g/mol. The number of nitrogens with zero attached hydrogens (tertiary/aromatic N) is 1. The van der Waals surface area contributed by atoms with Crippen molar-refractivity contribution in [3.63, 3.8) is 0 Å². The standard InChI is InChI=1S/C11H11Cl3N2O4/c1-20-10-7(13)4-6(12)9(14)8(10)11(18)15-2-3-16(19)5-17/h4-5,19H,2-3H2,1H3,(H,15,18). The molecule has 0 unspecified atom stereocenters. The van der Waals surface area contributed by atoms with Gasteiger partial charge in [-0.25, -0.2) is 5.06 Å². The number of methoxy groups -OCH3 is 1. The highest BCUT2D eigenvalue weighted by Gasteiger charge is 2.22. The zero-order chi connectivity index (χ0) is 15.3. The maximum absolute atomic E-state index is 12.0. The van der Waals surface area contributed by atoms with Gasteiger partial charge >= 0.3 is 0 Å². The zero-order valence-electron chi connectivity index (χ0n) is 10.3. The Morgan fingerprint density at radius 3 is 2.65 bits per heavy atom. The summed E-state index contributed by atoms with van der Waals surface area (Å²) in [4.78, 5) is 22.2. The molecule has 0 spiro atoms. The number of halogens is 3. The van der Waals surface area contributed by atoms with Gasteiger partial charge in [0.1, 0.15) is 5.56 Å². The maximum atomic E-state index is 12.0. The highest BCUT2D eigenvalue weighted by molar-refractivity contribution is 6.45. The van der Waals surface area contributed by atoms with Crippen LogP contribution in [0.5, 0.6) is 5.75 Å². The topological polar surface area (TPSA) is 78.9 Å². The molecule has 0 radical (unpaired) electrons. The molecule has 9 heteroatoms. The second kappa shape index (κ2) is 7.54. The summed E-state index contributed by atoms with van der Waals surface area (Å²) >= 11 is 17.7. The third-order valence-corrected chi connectivity index (χ3v) is 3.37. The van der Waals surface area contributed by atoms with Gasteiger partial charge in [0.25, 0.3) is 5.91 Å². The van der Waals surface area contributed by atoms with Crippen molar-refractivity contribution >= 4 is 47.1 Å². The first-order valence-electron chi connectivity index (χ1n) is 5.32. The molecule has 1 aromatic rings. The van der Waals surface area contributed by atoms with Crippen LogP contribution in [0.15, 0.2) is 6.07 Å². The van der Waals surface area contributed by atoms with Gasteiger partial charge in [0.05, 0.1) is 28.7 Å². The molecule has 0 saturated heterocycles. The molecule has 0 heterocycles. The molecule has 0 aliphatic carbocycles. The van der Waals surface area contributed by atoms with E-state index < -0.39 is 5.91 Å². The van der Waals surface area contributed by atoms with Gasteiger partial charge in [0.15, 0.2) is 5.75 Å². The molecule has 0 aromatic heterocycles. The minimum absolute atomic E-state index is 0.00154. The third-order valence-electron chi connectivity index (χ3n) is 2.31.